The maximum atomic E-state index is 13.9. The number of hydrogen-bond acceptors (Lipinski definition) is 2. The van der Waals surface area contributed by atoms with Crippen LogP contribution in [0, 0.1) is 11.2 Å². The van der Waals surface area contributed by atoms with Gasteiger partial charge in [0.05, 0.1) is 0 Å². The first-order chi connectivity index (χ1) is 8.89. The Kier molecular flexibility index (Phi) is 4.14. The van der Waals surface area contributed by atoms with Crippen LogP contribution >= 0.6 is 0 Å². The van der Waals surface area contributed by atoms with E-state index in [0.717, 1.165) is 25.9 Å². The van der Waals surface area contributed by atoms with Gasteiger partial charge < -0.3 is 5.11 Å². The van der Waals surface area contributed by atoms with Gasteiger partial charge in [-0.1, -0.05) is 19.9 Å². The minimum atomic E-state index is -0.309. The highest BCUT2D eigenvalue weighted by molar-refractivity contribution is 5.29. The third kappa shape index (κ3) is 3.47. The van der Waals surface area contributed by atoms with Gasteiger partial charge >= 0.3 is 0 Å². The van der Waals surface area contributed by atoms with E-state index in [2.05, 4.69) is 18.7 Å². The Morgan fingerprint density at radius 1 is 1.26 bits per heavy atom. The predicted molar refractivity (Wildman–Crippen MR) is 75.7 cm³/mol. The van der Waals surface area contributed by atoms with E-state index in [0.29, 0.717) is 11.0 Å². The SMILES string of the molecule is CC(c1ccc(O)cc1F)N1CCCC(C)(C)CC1. The summed E-state index contributed by atoms with van der Waals surface area (Å²) in [5.74, 6) is -0.318. The van der Waals surface area contributed by atoms with E-state index in [1.54, 1.807) is 12.1 Å². The molecule has 106 valence electrons. The summed E-state index contributed by atoms with van der Waals surface area (Å²) in [6.07, 6.45) is 3.54. The van der Waals surface area contributed by atoms with Gasteiger partial charge in [0.25, 0.3) is 0 Å². The summed E-state index contributed by atoms with van der Waals surface area (Å²) in [6.45, 7) is 8.69. The second kappa shape index (κ2) is 5.49. The average molecular weight is 265 g/mol. The molecule has 2 rings (SSSR count). The van der Waals surface area contributed by atoms with Crippen LogP contribution in [-0.2, 0) is 0 Å². The lowest BCUT2D eigenvalue weighted by atomic mass is 9.85. The Labute approximate surface area is 115 Å². The second-order valence-electron chi connectivity index (χ2n) is 6.44. The first-order valence-corrected chi connectivity index (χ1v) is 7.11. The fourth-order valence-corrected chi connectivity index (χ4v) is 2.88. The van der Waals surface area contributed by atoms with E-state index < -0.39 is 0 Å². The van der Waals surface area contributed by atoms with Crippen molar-refractivity contribution in [3.63, 3.8) is 0 Å². The molecule has 0 radical (unpaired) electrons. The molecule has 1 aliphatic heterocycles. The monoisotopic (exact) mass is 265 g/mol. The van der Waals surface area contributed by atoms with Crippen LogP contribution in [0.3, 0.4) is 0 Å². The fourth-order valence-electron chi connectivity index (χ4n) is 2.88. The second-order valence-corrected chi connectivity index (χ2v) is 6.44. The quantitative estimate of drug-likeness (QED) is 0.870. The molecule has 1 atom stereocenters. The normalized spacial score (nSPS) is 21.9. The predicted octanol–water partition coefficient (Wildman–Crippen LogP) is 4.10. The maximum Gasteiger partial charge on any atom is 0.131 e. The van der Waals surface area contributed by atoms with Crippen molar-refractivity contribution < 1.29 is 9.50 Å². The maximum absolute atomic E-state index is 13.9. The molecule has 3 heteroatoms. The largest absolute Gasteiger partial charge is 0.508 e. The van der Waals surface area contributed by atoms with Crippen LogP contribution in [-0.4, -0.2) is 23.1 Å². The van der Waals surface area contributed by atoms with Crippen molar-refractivity contribution in [2.24, 2.45) is 5.41 Å². The number of likely N-dealkylation sites (tertiary alicyclic amines) is 1. The summed E-state index contributed by atoms with van der Waals surface area (Å²) in [5.41, 5.74) is 1.07. The number of benzene rings is 1. The van der Waals surface area contributed by atoms with E-state index in [-0.39, 0.29) is 17.6 Å². The van der Waals surface area contributed by atoms with E-state index in [1.807, 2.05) is 6.92 Å². The zero-order valence-electron chi connectivity index (χ0n) is 12.1. The van der Waals surface area contributed by atoms with Gasteiger partial charge in [-0.05, 0) is 50.8 Å². The summed E-state index contributed by atoms with van der Waals surface area (Å²) in [5, 5.41) is 9.29. The first kappa shape index (κ1) is 14.3. The highest BCUT2D eigenvalue weighted by atomic mass is 19.1. The molecule has 0 aliphatic carbocycles. The molecule has 0 bridgehead atoms. The molecule has 0 spiro atoms. The lowest BCUT2D eigenvalue weighted by molar-refractivity contribution is 0.204. The van der Waals surface area contributed by atoms with Gasteiger partial charge in [0.1, 0.15) is 11.6 Å². The van der Waals surface area contributed by atoms with Crippen molar-refractivity contribution in [2.75, 3.05) is 13.1 Å². The summed E-state index contributed by atoms with van der Waals surface area (Å²) >= 11 is 0. The summed E-state index contributed by atoms with van der Waals surface area (Å²) in [7, 11) is 0. The molecular weight excluding hydrogens is 241 g/mol. The molecule has 19 heavy (non-hydrogen) atoms. The molecule has 1 heterocycles. The molecular formula is C16H24FNO. The number of aromatic hydroxyl groups is 1. The number of phenols is 1. The van der Waals surface area contributed by atoms with Crippen LogP contribution in [0.5, 0.6) is 5.75 Å². The Hall–Kier alpha value is -1.09. The standard InChI is InChI=1S/C16H24FNO/c1-12(14-6-5-13(19)11-15(14)17)18-9-4-7-16(2,3)8-10-18/h5-6,11-12,19H,4,7-10H2,1-3H3. The molecule has 1 N–H and O–H groups in total. The van der Waals surface area contributed by atoms with Gasteiger partial charge in [-0.25, -0.2) is 4.39 Å². The number of rotatable bonds is 2. The Morgan fingerprint density at radius 3 is 2.68 bits per heavy atom. The van der Waals surface area contributed by atoms with E-state index in [4.69, 9.17) is 0 Å². The van der Waals surface area contributed by atoms with Crippen LogP contribution in [0.15, 0.2) is 18.2 Å². The van der Waals surface area contributed by atoms with Gasteiger partial charge in [0.2, 0.25) is 0 Å². The van der Waals surface area contributed by atoms with Gasteiger partial charge in [0.15, 0.2) is 0 Å². The van der Waals surface area contributed by atoms with Gasteiger partial charge in [-0.3, -0.25) is 4.90 Å². The highest BCUT2D eigenvalue weighted by Crippen LogP contribution is 2.33. The minimum Gasteiger partial charge on any atom is -0.508 e. The van der Waals surface area contributed by atoms with Crippen molar-refractivity contribution >= 4 is 0 Å². The van der Waals surface area contributed by atoms with Crippen molar-refractivity contribution in [1.29, 1.82) is 0 Å². The molecule has 1 aliphatic rings. The molecule has 1 aromatic rings. The summed E-state index contributed by atoms with van der Waals surface area (Å²) in [6, 6.07) is 4.53. The van der Waals surface area contributed by atoms with Crippen LogP contribution < -0.4 is 0 Å². The zero-order chi connectivity index (χ0) is 14.0. The topological polar surface area (TPSA) is 23.5 Å². The Bertz CT molecular complexity index is 444. The highest BCUT2D eigenvalue weighted by Gasteiger charge is 2.26. The summed E-state index contributed by atoms with van der Waals surface area (Å²) in [4.78, 5) is 2.35. The van der Waals surface area contributed by atoms with Crippen LogP contribution in [0.4, 0.5) is 4.39 Å². The number of nitrogens with zero attached hydrogens (tertiary/aromatic N) is 1. The number of hydrogen-bond donors (Lipinski definition) is 1. The smallest absolute Gasteiger partial charge is 0.131 e. The van der Waals surface area contributed by atoms with Crippen molar-refractivity contribution in [3.8, 4) is 5.75 Å². The molecule has 0 aromatic heterocycles. The third-order valence-corrected chi connectivity index (χ3v) is 4.36. The van der Waals surface area contributed by atoms with Gasteiger partial charge in [-0.15, -0.1) is 0 Å². The third-order valence-electron chi connectivity index (χ3n) is 4.36. The van der Waals surface area contributed by atoms with Crippen LogP contribution in [0.1, 0.15) is 51.6 Å². The molecule has 1 saturated heterocycles. The Balaban J connectivity index is 2.12. The van der Waals surface area contributed by atoms with Crippen LogP contribution in [0.25, 0.3) is 0 Å². The lowest BCUT2D eigenvalue weighted by Crippen LogP contribution is -2.29. The first-order valence-electron chi connectivity index (χ1n) is 7.11. The number of halogens is 1. The van der Waals surface area contributed by atoms with Crippen molar-refractivity contribution in [1.82, 2.24) is 4.90 Å². The summed E-state index contributed by atoms with van der Waals surface area (Å²) < 4.78 is 13.9. The molecule has 1 unspecified atom stereocenters. The van der Waals surface area contributed by atoms with E-state index in [1.165, 1.54) is 12.5 Å². The van der Waals surface area contributed by atoms with E-state index in [9.17, 15) is 9.50 Å². The fraction of sp³-hybridized carbons (Fsp3) is 0.625. The molecule has 0 amide bonds. The molecule has 1 fully saturated rings. The van der Waals surface area contributed by atoms with Crippen molar-refractivity contribution in [2.45, 2.75) is 46.1 Å². The number of phenolic OH excluding ortho intramolecular Hbond substituents is 1. The average Bonchev–Trinajstić information content (AvgIpc) is 2.49. The molecule has 0 saturated carbocycles. The lowest BCUT2D eigenvalue weighted by Gasteiger charge is -2.29. The molecule has 2 nitrogen and oxygen atoms in total. The van der Waals surface area contributed by atoms with Crippen LogP contribution in [0.2, 0.25) is 0 Å². The van der Waals surface area contributed by atoms with Crippen molar-refractivity contribution in [3.05, 3.63) is 29.6 Å². The zero-order valence-corrected chi connectivity index (χ0v) is 12.1. The minimum absolute atomic E-state index is 0.00884. The van der Waals surface area contributed by atoms with E-state index >= 15 is 0 Å². The van der Waals surface area contributed by atoms with Gasteiger partial charge in [0, 0.05) is 17.7 Å². The molecule has 1 aromatic carbocycles. The van der Waals surface area contributed by atoms with Gasteiger partial charge in [-0.2, -0.15) is 0 Å². The Morgan fingerprint density at radius 2 is 2.00 bits per heavy atom.